The summed E-state index contributed by atoms with van der Waals surface area (Å²) >= 11 is 0. The number of amides is 1. The van der Waals surface area contributed by atoms with Crippen LogP contribution < -0.4 is 5.32 Å². The Morgan fingerprint density at radius 3 is 2.56 bits per heavy atom. The van der Waals surface area contributed by atoms with E-state index in [-0.39, 0.29) is 11.2 Å². The number of hydrogen-bond acceptors (Lipinski definition) is 5. The molecule has 0 radical (unpaired) electrons. The summed E-state index contributed by atoms with van der Waals surface area (Å²) in [5, 5.41) is 8.38. The molecule has 1 aliphatic carbocycles. The first kappa shape index (κ1) is 20.5. The lowest BCUT2D eigenvalue weighted by Crippen LogP contribution is -2.10. The Morgan fingerprint density at radius 1 is 1.03 bits per heavy atom. The zero-order chi connectivity index (χ0) is 22.1. The fourth-order valence-electron chi connectivity index (χ4n) is 4.15. The Balaban J connectivity index is 1.44. The Hall–Kier alpha value is -3.39. The molecule has 0 saturated heterocycles. The number of carbonyl (C=O) groups is 1. The number of nitrogens with one attached hydrogen (secondary N) is 1. The van der Waals surface area contributed by atoms with E-state index in [0.717, 1.165) is 58.5 Å². The van der Waals surface area contributed by atoms with Crippen molar-refractivity contribution < 1.29 is 9.00 Å². The molecule has 3 aromatic heterocycles. The van der Waals surface area contributed by atoms with E-state index in [1.54, 1.807) is 29.5 Å². The molecular weight excluding hydrogens is 422 g/mol. The van der Waals surface area contributed by atoms with E-state index >= 15 is 0 Å². The molecule has 1 fully saturated rings. The highest BCUT2D eigenvalue weighted by molar-refractivity contribution is 7.85. The van der Waals surface area contributed by atoms with Crippen LogP contribution in [0.1, 0.15) is 32.6 Å². The van der Waals surface area contributed by atoms with Gasteiger partial charge in [-0.2, -0.15) is 5.10 Å². The van der Waals surface area contributed by atoms with E-state index in [4.69, 9.17) is 0 Å². The van der Waals surface area contributed by atoms with Gasteiger partial charge in [-0.1, -0.05) is 25.0 Å². The molecule has 0 bridgehead atoms. The van der Waals surface area contributed by atoms with Crippen LogP contribution in [0.15, 0.2) is 66.1 Å². The van der Waals surface area contributed by atoms with Crippen molar-refractivity contribution in [3.8, 4) is 16.8 Å². The minimum atomic E-state index is -1.02. The Labute approximate surface area is 188 Å². The van der Waals surface area contributed by atoms with E-state index in [1.807, 2.05) is 36.4 Å². The standard InChI is InChI=1S/C24H23N5O2S/c1-16(30)28-20-8-6-17(7-9-20)18-10-21(14-25-12-18)29-24-19(13-27-29)11-23(15-26-24)32(31)22-4-2-3-5-22/h6-15,22H,2-5H2,1H3,(H,28,30). The molecule has 1 saturated carbocycles. The van der Waals surface area contributed by atoms with Gasteiger partial charge in [0.15, 0.2) is 5.65 Å². The van der Waals surface area contributed by atoms with Crippen molar-refractivity contribution in [2.45, 2.75) is 42.8 Å². The van der Waals surface area contributed by atoms with E-state index in [9.17, 15) is 9.00 Å². The molecule has 32 heavy (non-hydrogen) atoms. The van der Waals surface area contributed by atoms with Crippen LogP contribution >= 0.6 is 0 Å². The summed E-state index contributed by atoms with van der Waals surface area (Å²) in [6, 6.07) is 11.5. The summed E-state index contributed by atoms with van der Waals surface area (Å²) in [5.74, 6) is -0.102. The van der Waals surface area contributed by atoms with E-state index in [2.05, 4.69) is 20.4 Å². The van der Waals surface area contributed by atoms with Crippen LogP contribution in [0.5, 0.6) is 0 Å². The Bertz CT molecular complexity index is 1310. The van der Waals surface area contributed by atoms with Gasteiger partial charge in [-0.15, -0.1) is 0 Å². The molecule has 8 heteroatoms. The summed E-state index contributed by atoms with van der Waals surface area (Å²) < 4.78 is 14.6. The second-order valence-electron chi connectivity index (χ2n) is 8.03. The fourth-order valence-corrected chi connectivity index (χ4v) is 5.69. The summed E-state index contributed by atoms with van der Waals surface area (Å²) in [7, 11) is -1.02. The van der Waals surface area contributed by atoms with Crippen LogP contribution in [-0.4, -0.2) is 35.1 Å². The molecule has 0 aliphatic heterocycles. The molecule has 0 spiro atoms. The molecule has 1 amide bonds. The van der Waals surface area contributed by atoms with Gasteiger partial charge in [-0.3, -0.25) is 14.0 Å². The number of benzene rings is 1. The van der Waals surface area contributed by atoms with Crippen LogP contribution in [0, 0.1) is 0 Å². The third-order valence-corrected chi connectivity index (χ3v) is 7.49. The molecule has 1 aromatic carbocycles. The van der Waals surface area contributed by atoms with Gasteiger partial charge in [-0.05, 0) is 42.7 Å². The van der Waals surface area contributed by atoms with Gasteiger partial charge < -0.3 is 5.32 Å². The molecule has 3 heterocycles. The largest absolute Gasteiger partial charge is 0.326 e. The third-order valence-electron chi connectivity index (χ3n) is 5.73. The van der Waals surface area contributed by atoms with E-state index < -0.39 is 10.8 Å². The molecule has 1 unspecified atom stereocenters. The molecule has 5 rings (SSSR count). The van der Waals surface area contributed by atoms with Crippen molar-refractivity contribution in [3.05, 3.63) is 61.2 Å². The summed E-state index contributed by atoms with van der Waals surface area (Å²) in [6.45, 7) is 1.49. The monoisotopic (exact) mass is 445 g/mol. The molecule has 7 nitrogen and oxygen atoms in total. The highest BCUT2D eigenvalue weighted by Gasteiger charge is 2.23. The maximum absolute atomic E-state index is 12.9. The highest BCUT2D eigenvalue weighted by atomic mass is 32.2. The maximum atomic E-state index is 12.9. The number of anilines is 1. The summed E-state index contributed by atoms with van der Waals surface area (Å²) in [5.41, 5.74) is 4.16. The van der Waals surface area contributed by atoms with Crippen LogP contribution in [-0.2, 0) is 15.6 Å². The van der Waals surface area contributed by atoms with Crippen LogP contribution in [0.3, 0.4) is 0 Å². The van der Waals surface area contributed by atoms with Gasteiger partial charge in [0, 0.05) is 41.2 Å². The fraction of sp³-hybridized carbons (Fsp3) is 0.250. The molecule has 4 aromatic rings. The first-order chi connectivity index (χ1) is 15.6. The van der Waals surface area contributed by atoms with Crippen molar-refractivity contribution in [1.82, 2.24) is 19.7 Å². The zero-order valence-electron chi connectivity index (χ0n) is 17.7. The predicted octanol–water partition coefficient (Wildman–Crippen LogP) is 4.49. The van der Waals surface area contributed by atoms with Crippen molar-refractivity contribution >= 4 is 33.4 Å². The number of fused-ring (bicyclic) bond motifs is 1. The first-order valence-electron chi connectivity index (χ1n) is 10.7. The van der Waals surface area contributed by atoms with Gasteiger partial charge in [0.25, 0.3) is 0 Å². The number of pyridine rings is 2. The van der Waals surface area contributed by atoms with Crippen molar-refractivity contribution in [2.75, 3.05) is 5.32 Å². The zero-order valence-corrected chi connectivity index (χ0v) is 18.5. The van der Waals surface area contributed by atoms with Crippen LogP contribution in [0.25, 0.3) is 27.8 Å². The lowest BCUT2D eigenvalue weighted by atomic mass is 10.1. The van der Waals surface area contributed by atoms with Crippen molar-refractivity contribution in [1.29, 1.82) is 0 Å². The summed E-state index contributed by atoms with van der Waals surface area (Å²) in [4.78, 5) is 21.0. The lowest BCUT2D eigenvalue weighted by molar-refractivity contribution is -0.114. The maximum Gasteiger partial charge on any atom is 0.221 e. The van der Waals surface area contributed by atoms with Crippen molar-refractivity contribution in [3.63, 3.8) is 0 Å². The smallest absolute Gasteiger partial charge is 0.221 e. The highest BCUT2D eigenvalue weighted by Crippen LogP contribution is 2.28. The van der Waals surface area contributed by atoms with E-state index in [1.165, 1.54) is 6.92 Å². The molecule has 1 N–H and O–H groups in total. The SMILES string of the molecule is CC(=O)Nc1ccc(-c2cncc(-n3ncc4cc(S(=O)C5CCCC5)cnc43)c2)cc1. The van der Waals surface area contributed by atoms with E-state index in [0.29, 0.717) is 5.65 Å². The number of aromatic nitrogens is 4. The number of hydrogen-bond donors (Lipinski definition) is 1. The average molecular weight is 446 g/mol. The normalized spacial score (nSPS) is 15.2. The number of nitrogens with zero attached hydrogens (tertiary/aromatic N) is 4. The summed E-state index contributed by atoms with van der Waals surface area (Å²) in [6.07, 6.45) is 11.4. The van der Waals surface area contributed by atoms with Crippen LogP contribution in [0.4, 0.5) is 5.69 Å². The number of carbonyl (C=O) groups excluding carboxylic acids is 1. The average Bonchev–Trinajstić information content (AvgIpc) is 3.49. The molecule has 1 aliphatic rings. The predicted molar refractivity (Wildman–Crippen MR) is 125 cm³/mol. The second-order valence-corrected chi connectivity index (χ2v) is 9.77. The number of rotatable bonds is 5. The van der Waals surface area contributed by atoms with Gasteiger partial charge in [0.05, 0.1) is 33.8 Å². The molecular formula is C24H23N5O2S. The first-order valence-corrected chi connectivity index (χ1v) is 11.9. The third kappa shape index (κ3) is 4.05. The molecule has 1 atom stereocenters. The minimum absolute atomic E-state index is 0.102. The second kappa shape index (κ2) is 8.63. The lowest BCUT2D eigenvalue weighted by Gasteiger charge is -2.09. The quantitative estimate of drug-likeness (QED) is 0.489. The molecule has 162 valence electrons. The van der Waals surface area contributed by atoms with Gasteiger partial charge in [-0.25, -0.2) is 9.67 Å². The topological polar surface area (TPSA) is 89.8 Å². The van der Waals surface area contributed by atoms with Gasteiger partial charge >= 0.3 is 0 Å². The van der Waals surface area contributed by atoms with Gasteiger partial charge in [0.1, 0.15) is 0 Å². The Morgan fingerprint density at radius 2 is 1.81 bits per heavy atom. The van der Waals surface area contributed by atoms with Crippen LogP contribution in [0.2, 0.25) is 0 Å². The minimum Gasteiger partial charge on any atom is -0.326 e. The van der Waals surface area contributed by atoms with Crippen molar-refractivity contribution in [2.24, 2.45) is 0 Å². The van der Waals surface area contributed by atoms with Gasteiger partial charge in [0.2, 0.25) is 5.91 Å². The Kier molecular flexibility index (Phi) is 5.53.